The number of hydrogen-bond acceptors (Lipinski definition) is 2. The van der Waals surface area contributed by atoms with Crippen molar-refractivity contribution in [3.05, 3.63) is 15.7 Å². The molecule has 2 unspecified atom stereocenters. The minimum absolute atomic E-state index is 0.769. The van der Waals surface area contributed by atoms with Gasteiger partial charge in [-0.2, -0.15) is 0 Å². The molecular formula is C12H16IN3. The van der Waals surface area contributed by atoms with E-state index in [1.54, 1.807) is 0 Å². The fourth-order valence-corrected chi connectivity index (χ4v) is 3.77. The van der Waals surface area contributed by atoms with Crippen LogP contribution in [0, 0.1) is 21.5 Å². The van der Waals surface area contributed by atoms with Crippen LogP contribution in [0.25, 0.3) is 0 Å². The predicted octanol–water partition coefficient (Wildman–Crippen LogP) is 1.83. The number of fused-ring (bicyclic) bond motifs is 1. The molecule has 0 amide bonds. The first kappa shape index (κ1) is 9.88. The van der Waals surface area contributed by atoms with Crippen LogP contribution in [0.2, 0.25) is 0 Å². The van der Waals surface area contributed by atoms with Crippen molar-refractivity contribution >= 4 is 22.6 Å². The van der Waals surface area contributed by atoms with E-state index in [1.807, 2.05) is 0 Å². The van der Waals surface area contributed by atoms with E-state index in [-0.39, 0.29) is 0 Å². The van der Waals surface area contributed by atoms with E-state index in [4.69, 9.17) is 4.98 Å². The van der Waals surface area contributed by atoms with Gasteiger partial charge in [0.05, 0.1) is 0 Å². The van der Waals surface area contributed by atoms with E-state index in [1.165, 1.54) is 41.9 Å². The van der Waals surface area contributed by atoms with Gasteiger partial charge in [0.1, 0.15) is 9.53 Å². The summed E-state index contributed by atoms with van der Waals surface area (Å²) in [5, 5.41) is 3.47. The highest BCUT2D eigenvalue weighted by molar-refractivity contribution is 14.1. The second kappa shape index (κ2) is 3.45. The van der Waals surface area contributed by atoms with Crippen LogP contribution in [0.1, 0.15) is 24.7 Å². The Kier molecular flexibility index (Phi) is 2.13. The average Bonchev–Trinajstić information content (AvgIpc) is 3.11. The molecule has 1 aromatic rings. The maximum atomic E-state index is 4.71. The van der Waals surface area contributed by atoms with E-state index in [2.05, 4.69) is 38.7 Å². The molecule has 4 rings (SSSR count). The van der Waals surface area contributed by atoms with Gasteiger partial charge in [-0.3, -0.25) is 0 Å². The van der Waals surface area contributed by atoms with E-state index in [0.717, 1.165) is 23.8 Å². The summed E-state index contributed by atoms with van der Waals surface area (Å²) < 4.78 is 3.67. The first-order chi connectivity index (χ1) is 7.83. The van der Waals surface area contributed by atoms with Gasteiger partial charge in [0.2, 0.25) is 0 Å². The largest absolute Gasteiger partial charge is 0.330 e. The first-order valence-electron chi connectivity index (χ1n) is 6.27. The Balaban J connectivity index is 1.61. The summed E-state index contributed by atoms with van der Waals surface area (Å²) in [4.78, 5) is 4.71. The Hall–Kier alpha value is -0.100. The highest BCUT2D eigenvalue weighted by Crippen LogP contribution is 2.53. The lowest BCUT2D eigenvalue weighted by Gasteiger charge is -2.09. The number of rotatable bonds is 3. The summed E-state index contributed by atoms with van der Waals surface area (Å²) in [5.41, 5.74) is 0. The summed E-state index contributed by atoms with van der Waals surface area (Å²) >= 11 is 2.35. The van der Waals surface area contributed by atoms with Gasteiger partial charge in [-0.15, -0.1) is 0 Å². The van der Waals surface area contributed by atoms with Crippen molar-refractivity contribution in [3.8, 4) is 0 Å². The van der Waals surface area contributed by atoms with Crippen LogP contribution in [0.5, 0.6) is 0 Å². The molecule has 3 fully saturated rings. The highest BCUT2D eigenvalue weighted by atomic mass is 127. The normalized spacial score (nSPS) is 36.4. The zero-order valence-corrected chi connectivity index (χ0v) is 11.4. The molecule has 0 spiro atoms. The van der Waals surface area contributed by atoms with Gasteiger partial charge in [0, 0.05) is 31.7 Å². The number of hydrogen-bond donors (Lipinski definition) is 1. The molecule has 16 heavy (non-hydrogen) atoms. The van der Waals surface area contributed by atoms with Crippen LogP contribution in [-0.2, 0) is 6.42 Å². The predicted molar refractivity (Wildman–Crippen MR) is 70.3 cm³/mol. The topological polar surface area (TPSA) is 29.9 Å². The Morgan fingerprint density at radius 1 is 1.38 bits per heavy atom. The monoisotopic (exact) mass is 329 g/mol. The van der Waals surface area contributed by atoms with Gasteiger partial charge >= 0.3 is 0 Å². The summed E-state index contributed by atoms with van der Waals surface area (Å²) in [6.45, 7) is 2.43. The molecule has 2 saturated carbocycles. The second-order valence-electron chi connectivity index (χ2n) is 5.51. The van der Waals surface area contributed by atoms with Gasteiger partial charge in [-0.25, -0.2) is 4.98 Å². The molecule has 2 aliphatic carbocycles. The fourth-order valence-electron chi connectivity index (χ4n) is 3.19. The standard InChI is InChI=1S/C12H16IN3/c13-10-6-16(11(15-10)3-7-1-2-7)12-8-4-14-5-9(8)12/h6-9,12,14H,1-5H2. The first-order valence-corrected chi connectivity index (χ1v) is 7.35. The third-order valence-corrected chi connectivity index (χ3v) is 4.84. The number of imidazole rings is 1. The third kappa shape index (κ3) is 1.53. The molecule has 2 heterocycles. The Morgan fingerprint density at radius 2 is 2.12 bits per heavy atom. The third-order valence-electron chi connectivity index (χ3n) is 4.32. The van der Waals surface area contributed by atoms with Crippen LogP contribution >= 0.6 is 22.6 Å². The van der Waals surface area contributed by atoms with Crippen LogP contribution in [0.4, 0.5) is 0 Å². The van der Waals surface area contributed by atoms with Crippen molar-refractivity contribution in [1.82, 2.24) is 14.9 Å². The average molecular weight is 329 g/mol. The van der Waals surface area contributed by atoms with Gasteiger partial charge < -0.3 is 9.88 Å². The molecule has 86 valence electrons. The summed E-state index contributed by atoms with van der Waals surface area (Å²) in [7, 11) is 0. The Labute approximate surface area is 109 Å². The van der Waals surface area contributed by atoms with Crippen LogP contribution in [-0.4, -0.2) is 22.6 Å². The minimum atomic E-state index is 0.769. The number of nitrogens with zero attached hydrogens (tertiary/aromatic N) is 2. The SMILES string of the molecule is Ic1cn(C2C3CNCC32)c(CC2CC2)n1. The Morgan fingerprint density at radius 3 is 2.81 bits per heavy atom. The van der Waals surface area contributed by atoms with Crippen LogP contribution in [0.3, 0.4) is 0 Å². The number of aromatic nitrogens is 2. The summed E-state index contributed by atoms with van der Waals surface area (Å²) in [6, 6.07) is 0.769. The van der Waals surface area contributed by atoms with Gasteiger partial charge in [-0.05, 0) is 53.2 Å². The van der Waals surface area contributed by atoms with E-state index in [9.17, 15) is 0 Å². The molecule has 2 atom stereocenters. The fraction of sp³-hybridized carbons (Fsp3) is 0.750. The maximum absolute atomic E-state index is 4.71. The Bertz CT molecular complexity index is 414. The second-order valence-corrected chi connectivity index (χ2v) is 6.62. The van der Waals surface area contributed by atoms with E-state index < -0.39 is 0 Å². The molecule has 1 N–H and O–H groups in total. The zero-order chi connectivity index (χ0) is 10.7. The van der Waals surface area contributed by atoms with Crippen LogP contribution < -0.4 is 5.32 Å². The lowest BCUT2D eigenvalue weighted by Crippen LogP contribution is -2.17. The van der Waals surface area contributed by atoms with Crippen molar-refractivity contribution < 1.29 is 0 Å². The minimum Gasteiger partial charge on any atom is -0.330 e. The molecular weight excluding hydrogens is 313 g/mol. The summed E-state index contributed by atoms with van der Waals surface area (Å²) in [6.07, 6.45) is 6.32. The molecule has 0 aromatic carbocycles. The quantitative estimate of drug-likeness (QED) is 0.858. The van der Waals surface area contributed by atoms with Crippen LogP contribution in [0.15, 0.2) is 6.20 Å². The molecule has 4 heteroatoms. The van der Waals surface area contributed by atoms with Crippen molar-refractivity contribution in [2.45, 2.75) is 25.3 Å². The van der Waals surface area contributed by atoms with Crippen molar-refractivity contribution in [3.63, 3.8) is 0 Å². The lowest BCUT2D eigenvalue weighted by molar-refractivity contribution is 0.542. The number of nitrogens with one attached hydrogen (secondary N) is 1. The lowest BCUT2D eigenvalue weighted by atomic mass is 10.3. The number of piperidine rings is 1. The molecule has 1 aliphatic heterocycles. The van der Waals surface area contributed by atoms with Gasteiger partial charge in [-0.1, -0.05) is 0 Å². The smallest absolute Gasteiger partial charge is 0.119 e. The van der Waals surface area contributed by atoms with Crippen molar-refractivity contribution in [2.24, 2.45) is 17.8 Å². The van der Waals surface area contributed by atoms with Crippen molar-refractivity contribution in [1.29, 1.82) is 0 Å². The molecule has 0 bridgehead atoms. The van der Waals surface area contributed by atoms with E-state index >= 15 is 0 Å². The highest BCUT2D eigenvalue weighted by Gasteiger charge is 2.54. The number of halogens is 1. The maximum Gasteiger partial charge on any atom is 0.119 e. The van der Waals surface area contributed by atoms with E-state index in [0.29, 0.717) is 0 Å². The molecule has 3 aliphatic rings. The summed E-state index contributed by atoms with van der Waals surface area (Å²) in [5.74, 6) is 4.07. The van der Waals surface area contributed by atoms with Gasteiger partial charge in [0.15, 0.2) is 0 Å². The molecule has 1 saturated heterocycles. The van der Waals surface area contributed by atoms with Gasteiger partial charge in [0.25, 0.3) is 0 Å². The molecule has 3 nitrogen and oxygen atoms in total. The van der Waals surface area contributed by atoms with Crippen molar-refractivity contribution in [2.75, 3.05) is 13.1 Å². The zero-order valence-electron chi connectivity index (χ0n) is 9.19. The molecule has 0 radical (unpaired) electrons. The molecule has 1 aromatic heterocycles.